The van der Waals surface area contributed by atoms with Crippen molar-refractivity contribution in [1.29, 1.82) is 0 Å². The highest BCUT2D eigenvalue weighted by Crippen LogP contribution is 2.25. The molecule has 1 unspecified atom stereocenters. The van der Waals surface area contributed by atoms with E-state index in [-0.39, 0.29) is 12.0 Å². The summed E-state index contributed by atoms with van der Waals surface area (Å²) in [5.74, 6) is 1.24. The van der Waals surface area contributed by atoms with Gasteiger partial charge in [0.25, 0.3) is 0 Å². The Morgan fingerprint density at radius 3 is 2.79 bits per heavy atom. The molecular weight excluding hydrogens is 372 g/mol. The minimum atomic E-state index is 0.0718. The molecule has 28 heavy (non-hydrogen) atoms. The fourth-order valence-electron chi connectivity index (χ4n) is 3.92. The van der Waals surface area contributed by atoms with Crippen LogP contribution in [0.3, 0.4) is 0 Å². The Bertz CT molecular complexity index is 804. The number of hydrogen-bond acceptors (Lipinski definition) is 6. The molecule has 0 bridgehead atoms. The Labute approximate surface area is 170 Å². The van der Waals surface area contributed by atoms with Crippen LogP contribution in [-0.2, 0) is 9.53 Å². The van der Waals surface area contributed by atoms with E-state index in [9.17, 15) is 4.79 Å². The summed E-state index contributed by atoms with van der Waals surface area (Å²) in [4.78, 5) is 21.6. The first kappa shape index (κ1) is 19.5. The molecule has 1 aliphatic heterocycles. The number of hydrogen-bond donors (Lipinski definition) is 2. The van der Waals surface area contributed by atoms with Crippen molar-refractivity contribution in [2.75, 3.05) is 24.2 Å². The molecule has 2 heterocycles. The van der Waals surface area contributed by atoms with E-state index in [2.05, 4.69) is 20.6 Å². The van der Waals surface area contributed by atoms with E-state index in [0.717, 1.165) is 55.6 Å². The summed E-state index contributed by atoms with van der Waals surface area (Å²) < 4.78 is 5.70. The maximum Gasteiger partial charge on any atom is 0.230 e. The molecule has 150 valence electrons. The van der Waals surface area contributed by atoms with E-state index in [4.69, 9.17) is 4.74 Å². The van der Waals surface area contributed by atoms with Crippen molar-refractivity contribution in [1.82, 2.24) is 15.3 Å². The number of rotatable bonds is 7. The van der Waals surface area contributed by atoms with E-state index in [1.165, 1.54) is 31.0 Å². The van der Waals surface area contributed by atoms with Gasteiger partial charge in [0.05, 0.1) is 17.4 Å². The Kier molecular flexibility index (Phi) is 6.65. The van der Waals surface area contributed by atoms with Crippen molar-refractivity contribution < 1.29 is 9.53 Å². The number of carbonyl (C=O) groups excluding carboxylic acids is 1. The summed E-state index contributed by atoms with van der Waals surface area (Å²) in [6, 6.07) is 8.32. The molecule has 2 aromatic rings. The minimum Gasteiger partial charge on any atom is -0.376 e. The third-order valence-electron chi connectivity index (χ3n) is 5.41. The number of amides is 1. The zero-order valence-corrected chi connectivity index (χ0v) is 17.0. The van der Waals surface area contributed by atoms with Crippen LogP contribution >= 0.6 is 11.8 Å². The molecule has 1 amide bonds. The van der Waals surface area contributed by atoms with Crippen LogP contribution in [0.15, 0.2) is 29.4 Å². The zero-order chi connectivity index (χ0) is 19.2. The molecule has 1 aromatic carbocycles. The molecule has 1 saturated carbocycles. The van der Waals surface area contributed by atoms with E-state index in [1.54, 1.807) is 0 Å². The molecule has 0 radical (unpaired) electrons. The lowest BCUT2D eigenvalue weighted by atomic mass is 9.95. The minimum absolute atomic E-state index is 0.0718. The average molecular weight is 401 g/mol. The Hall–Kier alpha value is -1.86. The average Bonchev–Trinajstić information content (AvgIpc) is 3.25. The van der Waals surface area contributed by atoms with Gasteiger partial charge in [0.15, 0.2) is 5.16 Å². The second-order valence-corrected chi connectivity index (χ2v) is 8.52. The van der Waals surface area contributed by atoms with Gasteiger partial charge < -0.3 is 15.4 Å². The van der Waals surface area contributed by atoms with E-state index < -0.39 is 0 Å². The van der Waals surface area contributed by atoms with Gasteiger partial charge in [0.1, 0.15) is 5.82 Å². The first-order chi connectivity index (χ1) is 13.8. The Morgan fingerprint density at radius 1 is 1.11 bits per heavy atom. The second kappa shape index (κ2) is 9.56. The molecule has 1 aromatic heterocycles. The first-order valence-corrected chi connectivity index (χ1v) is 11.3. The van der Waals surface area contributed by atoms with Crippen LogP contribution in [0.2, 0.25) is 0 Å². The molecule has 4 rings (SSSR count). The van der Waals surface area contributed by atoms with Gasteiger partial charge in [0, 0.05) is 24.6 Å². The molecule has 2 fully saturated rings. The molecule has 6 nitrogen and oxygen atoms in total. The fraction of sp³-hybridized carbons (Fsp3) is 0.571. The van der Waals surface area contributed by atoms with Crippen molar-refractivity contribution >= 4 is 34.4 Å². The first-order valence-electron chi connectivity index (χ1n) is 10.3. The van der Waals surface area contributed by atoms with Crippen molar-refractivity contribution in [3.63, 3.8) is 0 Å². The normalized spacial score (nSPS) is 20.4. The number of nitrogens with one attached hydrogen (secondary N) is 2. The summed E-state index contributed by atoms with van der Waals surface area (Å²) in [7, 11) is 0. The number of carbonyl (C=O) groups is 1. The fourth-order valence-corrected chi connectivity index (χ4v) is 4.58. The van der Waals surface area contributed by atoms with Gasteiger partial charge in [-0.2, -0.15) is 0 Å². The smallest absolute Gasteiger partial charge is 0.230 e. The summed E-state index contributed by atoms with van der Waals surface area (Å²) in [6.45, 7) is 1.58. The number of ether oxygens (including phenoxy) is 1. The van der Waals surface area contributed by atoms with Crippen molar-refractivity contribution in [3.8, 4) is 0 Å². The highest BCUT2D eigenvalue weighted by Gasteiger charge is 2.18. The number of anilines is 1. The third-order valence-corrected chi connectivity index (χ3v) is 6.25. The quantitative estimate of drug-likeness (QED) is 0.544. The van der Waals surface area contributed by atoms with Crippen LogP contribution in [0, 0.1) is 0 Å². The van der Waals surface area contributed by atoms with Crippen LogP contribution in [-0.4, -0.2) is 46.9 Å². The molecule has 2 aliphatic rings. The SMILES string of the molecule is O=C(CSc1nc(NCC2CCCO2)c2ccccc2n1)NC1CCCCC1. The lowest BCUT2D eigenvalue weighted by Gasteiger charge is -2.22. The highest BCUT2D eigenvalue weighted by molar-refractivity contribution is 7.99. The lowest BCUT2D eigenvalue weighted by Crippen LogP contribution is -2.37. The van der Waals surface area contributed by atoms with Crippen LogP contribution < -0.4 is 10.6 Å². The van der Waals surface area contributed by atoms with Crippen molar-refractivity contribution in [3.05, 3.63) is 24.3 Å². The van der Waals surface area contributed by atoms with Gasteiger partial charge in [-0.15, -0.1) is 0 Å². The maximum absolute atomic E-state index is 12.3. The van der Waals surface area contributed by atoms with Gasteiger partial charge in [0.2, 0.25) is 5.91 Å². The Morgan fingerprint density at radius 2 is 1.96 bits per heavy atom. The summed E-state index contributed by atoms with van der Waals surface area (Å²) >= 11 is 1.40. The summed E-state index contributed by atoms with van der Waals surface area (Å²) in [6.07, 6.45) is 8.35. The predicted molar refractivity (Wildman–Crippen MR) is 113 cm³/mol. The number of benzene rings is 1. The molecular formula is C21H28N4O2S. The van der Waals surface area contributed by atoms with Gasteiger partial charge in [-0.1, -0.05) is 43.2 Å². The Balaban J connectivity index is 1.40. The standard InChI is InChI=1S/C21H28N4O2S/c26-19(23-15-7-2-1-3-8-15)14-28-21-24-18-11-5-4-10-17(18)20(25-21)22-13-16-9-6-12-27-16/h4-5,10-11,15-16H,1-3,6-9,12-14H2,(H,23,26)(H,22,24,25). The van der Waals surface area contributed by atoms with Gasteiger partial charge >= 0.3 is 0 Å². The maximum atomic E-state index is 12.3. The van der Waals surface area contributed by atoms with Crippen LogP contribution in [0.25, 0.3) is 10.9 Å². The molecule has 1 atom stereocenters. The summed E-state index contributed by atoms with van der Waals surface area (Å²) in [5, 5.41) is 8.22. The topological polar surface area (TPSA) is 76.1 Å². The number of aromatic nitrogens is 2. The number of para-hydroxylation sites is 1. The van der Waals surface area contributed by atoms with Crippen LogP contribution in [0.4, 0.5) is 5.82 Å². The predicted octanol–water partition coefficient (Wildman–Crippen LogP) is 3.76. The highest BCUT2D eigenvalue weighted by atomic mass is 32.2. The van der Waals surface area contributed by atoms with E-state index in [0.29, 0.717) is 17.0 Å². The molecule has 1 aliphatic carbocycles. The lowest BCUT2D eigenvalue weighted by molar-refractivity contribution is -0.119. The summed E-state index contributed by atoms with van der Waals surface area (Å²) in [5.41, 5.74) is 0.891. The van der Waals surface area contributed by atoms with Gasteiger partial charge in [-0.3, -0.25) is 4.79 Å². The van der Waals surface area contributed by atoms with Crippen LogP contribution in [0.5, 0.6) is 0 Å². The zero-order valence-electron chi connectivity index (χ0n) is 16.2. The number of thioether (sulfide) groups is 1. The molecule has 1 saturated heterocycles. The van der Waals surface area contributed by atoms with E-state index in [1.807, 2.05) is 24.3 Å². The monoisotopic (exact) mass is 400 g/mol. The molecule has 2 N–H and O–H groups in total. The van der Waals surface area contributed by atoms with Crippen molar-refractivity contribution in [2.45, 2.75) is 62.2 Å². The van der Waals surface area contributed by atoms with Crippen molar-refractivity contribution in [2.24, 2.45) is 0 Å². The molecule has 0 spiro atoms. The van der Waals surface area contributed by atoms with Gasteiger partial charge in [-0.25, -0.2) is 9.97 Å². The second-order valence-electron chi connectivity index (χ2n) is 7.58. The van der Waals surface area contributed by atoms with Crippen LogP contribution in [0.1, 0.15) is 44.9 Å². The molecule has 7 heteroatoms. The van der Waals surface area contributed by atoms with Gasteiger partial charge in [-0.05, 0) is 37.8 Å². The largest absolute Gasteiger partial charge is 0.376 e. The van der Waals surface area contributed by atoms with E-state index >= 15 is 0 Å². The third kappa shape index (κ3) is 5.14. The number of nitrogens with zero attached hydrogens (tertiary/aromatic N) is 2. The number of fused-ring (bicyclic) bond motifs is 1.